The number of hydrogen-bond donors (Lipinski definition) is 1. The predicted molar refractivity (Wildman–Crippen MR) is 123 cm³/mol. The largest absolute Gasteiger partial charge is 0.465 e. The van der Waals surface area contributed by atoms with E-state index in [9.17, 15) is 23.6 Å². The summed E-state index contributed by atoms with van der Waals surface area (Å²) in [5, 5.41) is 2.36. The van der Waals surface area contributed by atoms with Crippen LogP contribution in [0, 0.1) is 12.7 Å². The molecule has 1 amide bonds. The quantitative estimate of drug-likeness (QED) is 0.456. The second kappa shape index (κ2) is 9.10. The number of methoxy groups -OCH3 is 1. The summed E-state index contributed by atoms with van der Waals surface area (Å²) in [5.74, 6) is -1.95. The predicted octanol–water partition coefficient (Wildman–Crippen LogP) is 2.42. The van der Waals surface area contributed by atoms with Gasteiger partial charge in [-0.25, -0.2) is 28.1 Å². The molecule has 0 fully saturated rings. The summed E-state index contributed by atoms with van der Waals surface area (Å²) in [6, 6.07) is 14.8. The molecule has 2 heterocycles. The molecule has 0 unspecified atom stereocenters. The fourth-order valence-electron chi connectivity index (χ4n) is 3.56. The van der Waals surface area contributed by atoms with Crippen molar-refractivity contribution in [3.63, 3.8) is 0 Å². The number of anilines is 1. The molecule has 1 N–H and O–H groups in total. The summed E-state index contributed by atoms with van der Waals surface area (Å²) in [6.07, 6.45) is 0. The molecule has 0 aliphatic carbocycles. The molecule has 0 aliphatic heterocycles. The Bertz CT molecular complexity index is 1530. The van der Waals surface area contributed by atoms with E-state index >= 15 is 0 Å². The number of amides is 1. The average molecular weight is 462 g/mol. The molecule has 2 aromatic heterocycles. The number of nitrogens with one attached hydrogen (secondary N) is 1. The zero-order chi connectivity index (χ0) is 24.4. The summed E-state index contributed by atoms with van der Waals surface area (Å²) in [7, 11) is 1.17. The van der Waals surface area contributed by atoms with Crippen LogP contribution in [0.25, 0.3) is 16.7 Å². The molecule has 0 bridgehead atoms. The molecule has 0 saturated heterocycles. The first-order valence-corrected chi connectivity index (χ1v) is 10.2. The molecule has 0 saturated carbocycles. The van der Waals surface area contributed by atoms with Gasteiger partial charge < -0.3 is 10.1 Å². The molecule has 34 heavy (non-hydrogen) atoms. The van der Waals surface area contributed by atoms with Crippen molar-refractivity contribution in [2.45, 2.75) is 13.5 Å². The van der Waals surface area contributed by atoms with Crippen LogP contribution in [0.1, 0.15) is 16.1 Å². The minimum Gasteiger partial charge on any atom is -0.465 e. The van der Waals surface area contributed by atoms with Crippen LogP contribution in [-0.4, -0.2) is 33.1 Å². The lowest BCUT2D eigenvalue weighted by atomic mass is 10.1. The van der Waals surface area contributed by atoms with E-state index in [1.54, 1.807) is 37.3 Å². The highest BCUT2D eigenvalue weighted by molar-refractivity contribution is 6.02. The molecular weight excluding hydrogens is 443 g/mol. The van der Waals surface area contributed by atoms with Crippen molar-refractivity contribution in [1.82, 2.24) is 14.1 Å². The van der Waals surface area contributed by atoms with E-state index in [0.29, 0.717) is 11.4 Å². The maximum atomic E-state index is 13.4. The molecule has 0 atom stereocenters. The molecule has 0 aliphatic rings. The van der Waals surface area contributed by atoms with Crippen LogP contribution < -0.4 is 16.6 Å². The van der Waals surface area contributed by atoms with Crippen LogP contribution in [-0.2, 0) is 16.1 Å². The number of fused-ring (bicyclic) bond motifs is 1. The number of hydrogen-bond acceptors (Lipinski definition) is 6. The van der Waals surface area contributed by atoms with Crippen molar-refractivity contribution in [2.75, 3.05) is 12.4 Å². The van der Waals surface area contributed by atoms with Gasteiger partial charge in [0.2, 0.25) is 5.91 Å². The van der Waals surface area contributed by atoms with E-state index in [1.807, 2.05) is 0 Å². The van der Waals surface area contributed by atoms with Gasteiger partial charge in [-0.1, -0.05) is 18.2 Å². The number of aromatic nitrogens is 3. The number of pyridine rings is 1. The molecule has 4 rings (SSSR count). The van der Waals surface area contributed by atoms with Gasteiger partial charge in [0.1, 0.15) is 12.4 Å². The second-order valence-electron chi connectivity index (χ2n) is 7.40. The summed E-state index contributed by atoms with van der Waals surface area (Å²) < 4.78 is 19.9. The number of benzene rings is 2. The average Bonchev–Trinajstić information content (AvgIpc) is 2.83. The normalized spacial score (nSPS) is 10.8. The molecule has 10 heteroatoms. The number of ether oxygens (including phenoxy) is 1. The lowest BCUT2D eigenvalue weighted by Crippen LogP contribution is -2.43. The Morgan fingerprint density at radius 1 is 1.06 bits per heavy atom. The zero-order valence-corrected chi connectivity index (χ0v) is 18.2. The number of rotatable bonds is 5. The first kappa shape index (κ1) is 22.6. The number of aryl methyl sites for hydroxylation is 1. The van der Waals surface area contributed by atoms with E-state index in [0.717, 1.165) is 16.7 Å². The Balaban J connectivity index is 1.95. The van der Waals surface area contributed by atoms with Crippen LogP contribution in [0.15, 0.2) is 70.3 Å². The summed E-state index contributed by atoms with van der Waals surface area (Å²) in [5.41, 5.74) is -0.719. The van der Waals surface area contributed by atoms with Crippen LogP contribution in [0.4, 0.5) is 10.1 Å². The Hall–Kier alpha value is -4.60. The van der Waals surface area contributed by atoms with Gasteiger partial charge in [0.15, 0.2) is 5.65 Å². The molecular formula is C24H19FN4O5. The minimum absolute atomic E-state index is 0.0307. The highest BCUT2D eigenvalue weighted by atomic mass is 19.1. The highest BCUT2D eigenvalue weighted by Gasteiger charge is 2.23. The third-order valence-electron chi connectivity index (χ3n) is 5.07. The summed E-state index contributed by atoms with van der Waals surface area (Å²) in [6.45, 7) is 0.972. The minimum atomic E-state index is -0.866. The lowest BCUT2D eigenvalue weighted by Gasteiger charge is -2.15. The maximum Gasteiger partial charge on any atom is 0.338 e. The van der Waals surface area contributed by atoms with Crippen molar-refractivity contribution >= 4 is 28.6 Å². The smallest absolute Gasteiger partial charge is 0.338 e. The van der Waals surface area contributed by atoms with Crippen molar-refractivity contribution in [3.05, 3.63) is 98.6 Å². The first-order valence-electron chi connectivity index (χ1n) is 10.2. The maximum absolute atomic E-state index is 13.4. The number of para-hydroxylation sites is 1. The number of esters is 1. The Morgan fingerprint density at radius 3 is 2.38 bits per heavy atom. The molecule has 4 aromatic rings. The highest BCUT2D eigenvalue weighted by Crippen LogP contribution is 2.18. The molecule has 9 nitrogen and oxygen atoms in total. The molecule has 172 valence electrons. The van der Waals surface area contributed by atoms with Crippen LogP contribution in [0.3, 0.4) is 0 Å². The van der Waals surface area contributed by atoms with Crippen LogP contribution in [0.5, 0.6) is 0 Å². The number of carbonyl (C=O) groups excluding carboxylic acids is 2. The van der Waals surface area contributed by atoms with Crippen molar-refractivity contribution in [3.8, 4) is 5.69 Å². The number of halogens is 1. The Morgan fingerprint density at radius 2 is 1.74 bits per heavy atom. The standard InChI is InChI=1S/C24H19FN4O5/c1-14-12-18(23(32)34-2)20-21(26-14)29(17-6-4-3-5-7-17)24(33)28(22(20)31)13-19(30)27-16-10-8-15(25)9-11-16/h3-12H,13H2,1-2H3,(H,27,30). The van der Waals surface area contributed by atoms with E-state index in [-0.39, 0.29) is 22.3 Å². The fraction of sp³-hybridized carbons (Fsp3) is 0.125. The van der Waals surface area contributed by atoms with Gasteiger partial charge in [-0.05, 0) is 49.4 Å². The first-order chi connectivity index (χ1) is 16.3. The van der Waals surface area contributed by atoms with Crippen molar-refractivity contribution in [1.29, 1.82) is 0 Å². The number of nitrogens with zero attached hydrogens (tertiary/aromatic N) is 3. The van der Waals surface area contributed by atoms with E-state index in [2.05, 4.69) is 10.3 Å². The Kier molecular flexibility index (Phi) is 6.05. The number of carbonyl (C=O) groups is 2. The lowest BCUT2D eigenvalue weighted by molar-refractivity contribution is -0.116. The topological polar surface area (TPSA) is 112 Å². The van der Waals surface area contributed by atoms with E-state index < -0.39 is 35.5 Å². The SMILES string of the molecule is COC(=O)c1cc(C)nc2c1c(=O)n(CC(=O)Nc1ccc(F)cc1)c(=O)n2-c1ccccc1. The molecule has 0 radical (unpaired) electrons. The monoisotopic (exact) mass is 462 g/mol. The fourth-order valence-corrected chi connectivity index (χ4v) is 3.56. The van der Waals surface area contributed by atoms with Gasteiger partial charge >= 0.3 is 11.7 Å². The van der Waals surface area contributed by atoms with Crippen LogP contribution >= 0.6 is 0 Å². The molecule has 0 spiro atoms. The second-order valence-corrected chi connectivity index (χ2v) is 7.40. The zero-order valence-electron chi connectivity index (χ0n) is 18.2. The van der Waals surface area contributed by atoms with Crippen molar-refractivity contribution in [2.24, 2.45) is 0 Å². The summed E-state index contributed by atoms with van der Waals surface area (Å²) >= 11 is 0. The Labute approximate surface area is 192 Å². The van der Waals surface area contributed by atoms with Gasteiger partial charge in [-0.2, -0.15) is 0 Å². The van der Waals surface area contributed by atoms with E-state index in [1.165, 1.54) is 29.9 Å². The van der Waals surface area contributed by atoms with Gasteiger partial charge in [-0.15, -0.1) is 0 Å². The summed E-state index contributed by atoms with van der Waals surface area (Å²) in [4.78, 5) is 56.3. The third kappa shape index (κ3) is 4.20. The third-order valence-corrected chi connectivity index (χ3v) is 5.07. The van der Waals surface area contributed by atoms with Gasteiger partial charge in [-0.3, -0.25) is 9.59 Å². The van der Waals surface area contributed by atoms with Crippen LogP contribution in [0.2, 0.25) is 0 Å². The van der Waals surface area contributed by atoms with Gasteiger partial charge in [0.25, 0.3) is 5.56 Å². The van der Waals surface area contributed by atoms with Gasteiger partial charge in [0.05, 0.1) is 23.7 Å². The van der Waals surface area contributed by atoms with Gasteiger partial charge in [0, 0.05) is 11.4 Å². The van der Waals surface area contributed by atoms with Crippen molar-refractivity contribution < 1.29 is 18.7 Å². The van der Waals surface area contributed by atoms with E-state index in [4.69, 9.17) is 4.74 Å². The molecule has 2 aromatic carbocycles.